The Kier molecular flexibility index (Phi) is 4.80. The first kappa shape index (κ1) is 15.0. The number of hydrogen-bond acceptors (Lipinski definition) is 3. The highest BCUT2D eigenvalue weighted by Gasteiger charge is 2.34. The predicted octanol–water partition coefficient (Wildman–Crippen LogP) is 3.90. The van der Waals surface area contributed by atoms with Crippen molar-refractivity contribution in [3.05, 3.63) is 57.8 Å². The molecule has 2 aromatic rings. The lowest BCUT2D eigenvalue weighted by Crippen LogP contribution is -2.30. The van der Waals surface area contributed by atoms with E-state index in [1.807, 2.05) is 16.8 Å². The molecule has 0 aliphatic heterocycles. The Morgan fingerprint density at radius 3 is 2.55 bits per heavy atom. The van der Waals surface area contributed by atoms with Crippen LogP contribution in [-0.4, -0.2) is 0 Å². The van der Waals surface area contributed by atoms with Crippen LogP contribution in [0.2, 0.25) is 0 Å². The normalized spacial score (nSPS) is 13.4. The minimum atomic E-state index is -4.37. The summed E-state index contributed by atoms with van der Waals surface area (Å²) in [7, 11) is 0. The number of hydrazine groups is 1. The van der Waals surface area contributed by atoms with Crippen LogP contribution in [0, 0.1) is 0 Å². The van der Waals surface area contributed by atoms with Crippen LogP contribution in [0.3, 0.4) is 0 Å². The number of benzene rings is 1. The molecule has 0 aliphatic carbocycles. The summed E-state index contributed by atoms with van der Waals surface area (Å²) in [5, 5.41) is 3.94. The second-order valence-electron chi connectivity index (χ2n) is 4.47. The fraction of sp³-hybridized carbons (Fsp3) is 0.286. The van der Waals surface area contributed by atoms with Crippen molar-refractivity contribution in [2.45, 2.75) is 25.1 Å². The average Bonchev–Trinajstić information content (AvgIpc) is 2.92. The summed E-state index contributed by atoms with van der Waals surface area (Å²) in [6.45, 7) is 0. The summed E-state index contributed by atoms with van der Waals surface area (Å²) >= 11 is 1.57. The Morgan fingerprint density at radius 2 is 1.95 bits per heavy atom. The predicted molar refractivity (Wildman–Crippen MR) is 74.1 cm³/mol. The van der Waals surface area contributed by atoms with E-state index in [4.69, 9.17) is 5.84 Å². The van der Waals surface area contributed by atoms with Gasteiger partial charge in [0.15, 0.2) is 0 Å². The lowest BCUT2D eigenvalue weighted by molar-refractivity contribution is -0.138. The maximum atomic E-state index is 13.0. The molecule has 0 bridgehead atoms. The Hall–Kier alpha value is -1.37. The summed E-state index contributed by atoms with van der Waals surface area (Å²) in [6.07, 6.45) is -3.17. The first-order valence-corrected chi connectivity index (χ1v) is 7.10. The molecule has 1 unspecified atom stereocenters. The Balaban J connectivity index is 2.19. The molecule has 0 spiro atoms. The van der Waals surface area contributed by atoms with E-state index in [9.17, 15) is 13.2 Å². The smallest absolute Gasteiger partial charge is 0.271 e. The zero-order valence-electron chi connectivity index (χ0n) is 10.7. The summed E-state index contributed by atoms with van der Waals surface area (Å²) in [5.74, 6) is 5.44. The second-order valence-corrected chi connectivity index (χ2v) is 5.25. The van der Waals surface area contributed by atoms with Crippen LogP contribution in [0.15, 0.2) is 41.1 Å². The molecule has 1 atom stereocenters. The number of nitrogens with one attached hydrogen (secondary N) is 1. The van der Waals surface area contributed by atoms with Gasteiger partial charge < -0.3 is 0 Å². The van der Waals surface area contributed by atoms with Crippen LogP contribution >= 0.6 is 11.3 Å². The van der Waals surface area contributed by atoms with Crippen molar-refractivity contribution in [3.63, 3.8) is 0 Å². The van der Waals surface area contributed by atoms with Crippen molar-refractivity contribution in [1.82, 2.24) is 5.43 Å². The summed E-state index contributed by atoms with van der Waals surface area (Å²) in [5.41, 5.74) is 3.17. The van der Waals surface area contributed by atoms with Gasteiger partial charge in [0.2, 0.25) is 0 Å². The largest absolute Gasteiger partial charge is 0.416 e. The lowest BCUT2D eigenvalue weighted by Gasteiger charge is -2.20. The molecule has 20 heavy (non-hydrogen) atoms. The highest BCUT2D eigenvalue weighted by molar-refractivity contribution is 7.07. The van der Waals surface area contributed by atoms with Gasteiger partial charge in [-0.05, 0) is 46.9 Å². The first-order chi connectivity index (χ1) is 9.52. The number of rotatable bonds is 5. The molecule has 0 saturated heterocycles. The fourth-order valence-corrected chi connectivity index (χ4v) is 2.84. The maximum absolute atomic E-state index is 13.0. The van der Waals surface area contributed by atoms with Gasteiger partial charge in [-0.1, -0.05) is 18.2 Å². The van der Waals surface area contributed by atoms with Gasteiger partial charge >= 0.3 is 6.18 Å². The second kappa shape index (κ2) is 6.39. The topological polar surface area (TPSA) is 38.0 Å². The van der Waals surface area contributed by atoms with Crippen LogP contribution in [0.4, 0.5) is 13.2 Å². The lowest BCUT2D eigenvalue weighted by atomic mass is 9.96. The number of thiophene rings is 1. The average molecular weight is 300 g/mol. The van der Waals surface area contributed by atoms with E-state index >= 15 is 0 Å². The number of alkyl halides is 3. The summed E-state index contributed by atoms with van der Waals surface area (Å²) in [4.78, 5) is 0. The maximum Gasteiger partial charge on any atom is 0.416 e. The Morgan fingerprint density at radius 1 is 1.20 bits per heavy atom. The van der Waals surface area contributed by atoms with Crippen molar-refractivity contribution in [3.8, 4) is 0 Å². The van der Waals surface area contributed by atoms with Crippen LogP contribution < -0.4 is 11.3 Å². The molecule has 0 amide bonds. The molecule has 0 saturated carbocycles. The van der Waals surface area contributed by atoms with Gasteiger partial charge in [0.25, 0.3) is 0 Å². The van der Waals surface area contributed by atoms with Crippen LogP contribution in [0.25, 0.3) is 0 Å². The van der Waals surface area contributed by atoms with Crippen LogP contribution in [0.1, 0.15) is 29.2 Å². The molecular formula is C14H15F3N2S. The molecule has 1 aromatic carbocycles. The third-order valence-corrected chi connectivity index (χ3v) is 3.88. The van der Waals surface area contributed by atoms with E-state index < -0.39 is 17.8 Å². The summed E-state index contributed by atoms with van der Waals surface area (Å²) in [6, 6.07) is 6.99. The Bertz CT molecular complexity index is 538. The fourth-order valence-electron chi connectivity index (χ4n) is 2.13. The van der Waals surface area contributed by atoms with Gasteiger partial charge in [-0.3, -0.25) is 11.3 Å². The molecule has 1 aromatic heterocycles. The van der Waals surface area contributed by atoms with Crippen molar-refractivity contribution >= 4 is 11.3 Å². The van der Waals surface area contributed by atoms with Crippen molar-refractivity contribution in [2.75, 3.05) is 0 Å². The molecular weight excluding hydrogens is 285 g/mol. The molecule has 2 nitrogen and oxygen atoms in total. The molecule has 1 heterocycles. The minimum Gasteiger partial charge on any atom is -0.271 e. The van der Waals surface area contributed by atoms with E-state index in [0.29, 0.717) is 12.8 Å². The molecule has 2 rings (SSSR count). The standard InChI is InChI=1S/C14H15F3N2S/c15-14(16,17)12-4-2-1-3-11(12)13(19-18)6-5-10-7-8-20-9-10/h1-4,7-9,13,19H,5-6,18H2. The third kappa shape index (κ3) is 3.59. The van der Waals surface area contributed by atoms with Gasteiger partial charge in [-0.2, -0.15) is 24.5 Å². The van der Waals surface area contributed by atoms with Gasteiger partial charge in [-0.25, -0.2) is 0 Å². The van der Waals surface area contributed by atoms with E-state index in [1.54, 1.807) is 17.4 Å². The Labute approximate surface area is 119 Å². The quantitative estimate of drug-likeness (QED) is 0.649. The highest BCUT2D eigenvalue weighted by Crippen LogP contribution is 2.35. The van der Waals surface area contributed by atoms with E-state index in [2.05, 4.69) is 5.43 Å². The van der Waals surface area contributed by atoms with Crippen molar-refractivity contribution in [2.24, 2.45) is 5.84 Å². The van der Waals surface area contributed by atoms with E-state index in [1.165, 1.54) is 12.1 Å². The zero-order chi connectivity index (χ0) is 14.6. The minimum absolute atomic E-state index is 0.192. The summed E-state index contributed by atoms with van der Waals surface area (Å²) < 4.78 is 39.0. The molecule has 3 N–H and O–H groups in total. The highest BCUT2D eigenvalue weighted by atomic mass is 32.1. The molecule has 6 heteroatoms. The van der Waals surface area contributed by atoms with Gasteiger partial charge in [0, 0.05) is 6.04 Å². The van der Waals surface area contributed by atoms with E-state index in [-0.39, 0.29) is 5.56 Å². The van der Waals surface area contributed by atoms with E-state index in [0.717, 1.165) is 11.6 Å². The molecule has 0 fully saturated rings. The van der Waals surface area contributed by atoms with Crippen molar-refractivity contribution < 1.29 is 13.2 Å². The molecule has 0 aliphatic rings. The van der Waals surface area contributed by atoms with Crippen molar-refractivity contribution in [1.29, 1.82) is 0 Å². The molecule has 108 valence electrons. The number of halogens is 3. The van der Waals surface area contributed by atoms with Gasteiger partial charge in [0.1, 0.15) is 0 Å². The zero-order valence-corrected chi connectivity index (χ0v) is 11.5. The first-order valence-electron chi connectivity index (χ1n) is 6.15. The number of nitrogens with two attached hydrogens (primary N) is 1. The third-order valence-electron chi connectivity index (χ3n) is 3.14. The van der Waals surface area contributed by atoms with Gasteiger partial charge in [-0.15, -0.1) is 0 Å². The van der Waals surface area contributed by atoms with Gasteiger partial charge in [0.05, 0.1) is 5.56 Å². The monoisotopic (exact) mass is 300 g/mol. The van der Waals surface area contributed by atoms with Crippen LogP contribution in [0.5, 0.6) is 0 Å². The molecule has 0 radical (unpaired) electrons. The van der Waals surface area contributed by atoms with Crippen LogP contribution in [-0.2, 0) is 12.6 Å². The number of aryl methyl sites for hydroxylation is 1. The number of hydrogen-bond donors (Lipinski definition) is 2. The SMILES string of the molecule is NNC(CCc1ccsc1)c1ccccc1C(F)(F)F.